The number of carbonyl (C=O) groups is 1. The van der Waals surface area contributed by atoms with E-state index in [1.807, 2.05) is 0 Å². The van der Waals surface area contributed by atoms with E-state index in [0.717, 1.165) is 19.5 Å². The quantitative estimate of drug-likeness (QED) is 0.817. The average molecular weight is 357 g/mol. The van der Waals surface area contributed by atoms with Crippen LogP contribution in [0.15, 0.2) is 22.7 Å². The Labute approximate surface area is 134 Å². The fraction of sp³-hybridized carbons (Fsp3) is 0.562. The second kappa shape index (κ2) is 7.90. The number of benzene rings is 1. The van der Waals surface area contributed by atoms with E-state index in [1.54, 1.807) is 6.07 Å². The van der Waals surface area contributed by atoms with Crippen LogP contribution in [-0.2, 0) is 0 Å². The number of nitrogens with one attached hydrogen (secondary N) is 1. The third-order valence-corrected chi connectivity index (χ3v) is 4.51. The molecule has 1 aliphatic rings. The van der Waals surface area contributed by atoms with Crippen LogP contribution in [0, 0.1) is 5.82 Å². The zero-order valence-electron chi connectivity index (χ0n) is 12.4. The Kier molecular flexibility index (Phi) is 6.18. The summed E-state index contributed by atoms with van der Waals surface area (Å²) in [5, 5.41) is 2.79. The lowest BCUT2D eigenvalue weighted by Crippen LogP contribution is -2.39. The van der Waals surface area contributed by atoms with Gasteiger partial charge in [-0.25, -0.2) is 4.39 Å². The first-order chi connectivity index (χ1) is 10.1. The van der Waals surface area contributed by atoms with Crippen molar-refractivity contribution in [1.82, 2.24) is 10.2 Å². The van der Waals surface area contributed by atoms with E-state index >= 15 is 0 Å². The van der Waals surface area contributed by atoms with Crippen molar-refractivity contribution in [2.45, 2.75) is 38.6 Å². The number of hydrogen-bond acceptors (Lipinski definition) is 2. The number of hydrogen-bond donors (Lipinski definition) is 1. The summed E-state index contributed by atoms with van der Waals surface area (Å²) in [6.45, 7) is 4.97. The van der Waals surface area contributed by atoms with E-state index < -0.39 is 5.82 Å². The van der Waals surface area contributed by atoms with Gasteiger partial charge in [-0.05, 0) is 50.9 Å². The van der Waals surface area contributed by atoms with E-state index in [0.29, 0.717) is 17.1 Å². The molecule has 1 atom stereocenters. The molecule has 0 aromatic heterocycles. The fourth-order valence-corrected chi connectivity index (χ4v) is 3.10. The van der Waals surface area contributed by atoms with Crippen molar-refractivity contribution >= 4 is 21.8 Å². The molecule has 0 unspecified atom stereocenters. The van der Waals surface area contributed by atoms with Crippen molar-refractivity contribution < 1.29 is 9.18 Å². The highest BCUT2D eigenvalue weighted by Gasteiger charge is 2.17. The van der Waals surface area contributed by atoms with Gasteiger partial charge in [0.05, 0.1) is 5.56 Å². The lowest BCUT2D eigenvalue weighted by molar-refractivity contribution is 0.0945. The normalized spacial score (nSPS) is 19.5. The molecule has 0 bridgehead atoms. The Balaban J connectivity index is 1.75. The molecule has 1 heterocycles. The fourth-order valence-electron chi connectivity index (χ4n) is 2.74. The largest absolute Gasteiger partial charge is 0.352 e. The zero-order chi connectivity index (χ0) is 15.2. The Bertz CT molecular complexity index is 495. The van der Waals surface area contributed by atoms with Crippen LogP contribution in [0.4, 0.5) is 4.39 Å². The molecule has 0 saturated carbocycles. The molecule has 21 heavy (non-hydrogen) atoms. The molecule has 2 rings (SSSR count). The predicted octanol–water partition coefficient (Wildman–Crippen LogP) is 3.58. The van der Waals surface area contributed by atoms with Gasteiger partial charge >= 0.3 is 0 Å². The molecule has 116 valence electrons. The molecular formula is C16H22BrFN2O. The number of amides is 1. The summed E-state index contributed by atoms with van der Waals surface area (Å²) in [5.41, 5.74) is 0.0933. The van der Waals surface area contributed by atoms with E-state index in [1.165, 1.54) is 31.4 Å². The van der Waals surface area contributed by atoms with Crippen molar-refractivity contribution in [3.63, 3.8) is 0 Å². The lowest BCUT2D eigenvalue weighted by Gasteiger charge is -2.33. The smallest absolute Gasteiger partial charge is 0.254 e. The molecular weight excluding hydrogens is 335 g/mol. The topological polar surface area (TPSA) is 32.3 Å². The molecule has 3 nitrogen and oxygen atoms in total. The van der Waals surface area contributed by atoms with Crippen LogP contribution in [0.3, 0.4) is 0 Å². The van der Waals surface area contributed by atoms with Gasteiger partial charge < -0.3 is 10.2 Å². The molecule has 1 aliphatic heterocycles. The molecule has 1 amide bonds. The molecule has 1 fully saturated rings. The Morgan fingerprint density at radius 2 is 2.29 bits per heavy atom. The second-order valence-corrected chi connectivity index (χ2v) is 6.53. The first-order valence-corrected chi connectivity index (χ1v) is 8.34. The van der Waals surface area contributed by atoms with E-state index in [4.69, 9.17) is 0 Å². The van der Waals surface area contributed by atoms with E-state index in [9.17, 15) is 9.18 Å². The summed E-state index contributed by atoms with van der Waals surface area (Å²) < 4.78 is 14.3. The maximum atomic E-state index is 13.6. The lowest BCUT2D eigenvalue weighted by atomic mass is 10.0. The van der Waals surface area contributed by atoms with Crippen molar-refractivity contribution in [1.29, 1.82) is 0 Å². The number of halogens is 2. The van der Waals surface area contributed by atoms with Crippen LogP contribution in [-0.4, -0.2) is 36.5 Å². The van der Waals surface area contributed by atoms with Crippen LogP contribution in [0.2, 0.25) is 0 Å². The van der Waals surface area contributed by atoms with Gasteiger partial charge in [-0.1, -0.05) is 22.4 Å². The minimum atomic E-state index is -0.486. The molecule has 1 aromatic rings. The average Bonchev–Trinajstić information content (AvgIpc) is 2.47. The summed E-state index contributed by atoms with van der Waals surface area (Å²) in [6, 6.07) is 5.03. The number of rotatable bonds is 5. The van der Waals surface area contributed by atoms with Crippen molar-refractivity contribution in [3.8, 4) is 0 Å². The molecule has 1 N–H and O–H groups in total. The first-order valence-electron chi connectivity index (χ1n) is 7.55. The first kappa shape index (κ1) is 16.4. The van der Waals surface area contributed by atoms with Gasteiger partial charge in [-0.3, -0.25) is 4.79 Å². The highest BCUT2D eigenvalue weighted by atomic mass is 79.9. The molecule has 0 spiro atoms. The Hall–Kier alpha value is -0.940. The highest BCUT2D eigenvalue weighted by molar-refractivity contribution is 9.10. The Morgan fingerprint density at radius 3 is 3.05 bits per heavy atom. The number of carbonyl (C=O) groups excluding carboxylic acids is 1. The third-order valence-electron chi connectivity index (χ3n) is 4.02. The molecule has 1 aromatic carbocycles. The number of nitrogens with zero attached hydrogens (tertiary/aromatic N) is 1. The standard InChI is InChI=1S/C16H22BrFN2O/c1-12-5-2-3-9-20(12)10-4-8-19-16(21)14-11-13(17)6-7-15(14)18/h6-7,11-12H,2-5,8-10H2,1H3,(H,19,21)/t12-/m1/s1. The monoisotopic (exact) mass is 356 g/mol. The van der Waals surface area contributed by atoms with Crippen LogP contribution in [0.1, 0.15) is 43.0 Å². The molecule has 5 heteroatoms. The van der Waals surface area contributed by atoms with Crippen LogP contribution in [0.25, 0.3) is 0 Å². The van der Waals surface area contributed by atoms with Gasteiger partial charge in [0.2, 0.25) is 0 Å². The van der Waals surface area contributed by atoms with Gasteiger partial charge in [0, 0.05) is 23.6 Å². The summed E-state index contributed by atoms with van der Waals surface area (Å²) in [7, 11) is 0. The summed E-state index contributed by atoms with van der Waals surface area (Å²) in [4.78, 5) is 14.4. The maximum Gasteiger partial charge on any atom is 0.254 e. The molecule has 0 radical (unpaired) electrons. The van der Waals surface area contributed by atoms with E-state index in [2.05, 4.69) is 33.1 Å². The third kappa shape index (κ3) is 4.78. The Morgan fingerprint density at radius 1 is 1.48 bits per heavy atom. The summed E-state index contributed by atoms with van der Waals surface area (Å²) in [5.74, 6) is -0.833. The van der Waals surface area contributed by atoms with Crippen LogP contribution >= 0.6 is 15.9 Å². The summed E-state index contributed by atoms with van der Waals surface area (Å²) >= 11 is 3.25. The summed E-state index contributed by atoms with van der Waals surface area (Å²) in [6.07, 6.45) is 4.73. The predicted molar refractivity (Wildman–Crippen MR) is 85.9 cm³/mol. The minimum absolute atomic E-state index is 0.0933. The SMILES string of the molecule is C[C@@H]1CCCCN1CCCNC(=O)c1cc(Br)ccc1F. The van der Waals surface area contributed by atoms with Crippen LogP contribution in [0.5, 0.6) is 0 Å². The molecule has 1 saturated heterocycles. The number of piperidine rings is 1. The van der Waals surface area contributed by atoms with Crippen LogP contribution < -0.4 is 5.32 Å². The van der Waals surface area contributed by atoms with Crippen molar-refractivity contribution in [2.75, 3.05) is 19.6 Å². The minimum Gasteiger partial charge on any atom is -0.352 e. The second-order valence-electron chi connectivity index (χ2n) is 5.61. The van der Waals surface area contributed by atoms with Gasteiger partial charge in [-0.2, -0.15) is 0 Å². The van der Waals surface area contributed by atoms with Gasteiger partial charge in [-0.15, -0.1) is 0 Å². The zero-order valence-corrected chi connectivity index (χ0v) is 14.0. The number of likely N-dealkylation sites (tertiary alicyclic amines) is 1. The maximum absolute atomic E-state index is 13.6. The van der Waals surface area contributed by atoms with Crippen molar-refractivity contribution in [2.24, 2.45) is 0 Å². The van der Waals surface area contributed by atoms with E-state index in [-0.39, 0.29) is 11.5 Å². The van der Waals surface area contributed by atoms with Gasteiger partial charge in [0.1, 0.15) is 5.82 Å². The molecule has 0 aliphatic carbocycles. The van der Waals surface area contributed by atoms with Gasteiger partial charge in [0.15, 0.2) is 0 Å². The van der Waals surface area contributed by atoms with Gasteiger partial charge in [0.25, 0.3) is 5.91 Å². The highest BCUT2D eigenvalue weighted by Crippen LogP contribution is 2.17. The van der Waals surface area contributed by atoms with Crippen molar-refractivity contribution in [3.05, 3.63) is 34.1 Å².